The van der Waals surface area contributed by atoms with E-state index in [0.717, 1.165) is 6.26 Å². The summed E-state index contributed by atoms with van der Waals surface area (Å²) in [5.74, 6) is -0.672. The minimum atomic E-state index is -3.35. The minimum absolute atomic E-state index is 0.165. The molecular weight excluding hydrogens is 394 g/mol. The fraction of sp³-hybridized carbons (Fsp3) is 0.421. The molecule has 4 N–H and O–H groups in total. The van der Waals surface area contributed by atoms with Crippen LogP contribution in [0.15, 0.2) is 29.2 Å². The number of rotatable bonds is 3. The Hall–Kier alpha value is -2.88. The van der Waals surface area contributed by atoms with E-state index in [1.54, 1.807) is 16.8 Å². The zero-order valence-corrected chi connectivity index (χ0v) is 17.7. The third-order valence-corrected chi connectivity index (χ3v) is 6.15. The molecule has 9 nitrogen and oxygen atoms in total. The van der Waals surface area contributed by atoms with E-state index in [1.165, 1.54) is 17.0 Å². The Morgan fingerprint density at radius 3 is 2.14 bits per heavy atom. The topological polar surface area (TPSA) is 141 Å². The monoisotopic (exact) mass is 419 g/mol. The molecule has 2 aromatic rings. The van der Waals surface area contributed by atoms with Gasteiger partial charge in [0.1, 0.15) is 5.69 Å². The SMILES string of the molecule is CC(C)(C)C1c2c(C(N)=O)c(-c3ccc(S(C)(=O)=O)cc3)nn2CCN1C(N)=O. The molecule has 0 spiro atoms. The van der Waals surface area contributed by atoms with Crippen LogP contribution in [0.5, 0.6) is 0 Å². The number of benzene rings is 1. The van der Waals surface area contributed by atoms with Crippen molar-refractivity contribution in [1.82, 2.24) is 14.7 Å². The van der Waals surface area contributed by atoms with Crippen LogP contribution in [0.1, 0.15) is 42.9 Å². The molecule has 156 valence electrons. The standard InChI is InChI=1S/C19H25N5O4S/c1-19(2,3)16-15-13(17(20)25)14(22-24(15)10-9-23(16)18(21)26)11-5-7-12(8-6-11)29(4,27)28/h5-8,16H,9-10H2,1-4H3,(H2,20,25)(H2,21,26). The predicted octanol–water partition coefficient (Wildman–Crippen LogP) is 1.53. The lowest BCUT2D eigenvalue weighted by atomic mass is 9.81. The van der Waals surface area contributed by atoms with Gasteiger partial charge in [-0.3, -0.25) is 9.48 Å². The van der Waals surface area contributed by atoms with Gasteiger partial charge in [-0.05, 0) is 17.5 Å². The molecular formula is C19H25N5O4S. The Labute approximate surface area is 169 Å². The minimum Gasteiger partial charge on any atom is -0.365 e. The van der Waals surface area contributed by atoms with Gasteiger partial charge in [-0.1, -0.05) is 32.9 Å². The van der Waals surface area contributed by atoms with Crippen molar-refractivity contribution in [2.45, 2.75) is 38.3 Å². The normalized spacial score (nSPS) is 17.1. The Bertz CT molecular complexity index is 1080. The van der Waals surface area contributed by atoms with E-state index >= 15 is 0 Å². The zero-order valence-electron chi connectivity index (χ0n) is 16.8. The maximum atomic E-state index is 12.4. The summed E-state index contributed by atoms with van der Waals surface area (Å²) in [4.78, 5) is 26.2. The van der Waals surface area contributed by atoms with Crippen LogP contribution in [0, 0.1) is 5.41 Å². The molecule has 29 heavy (non-hydrogen) atoms. The summed E-state index contributed by atoms with van der Waals surface area (Å²) < 4.78 is 25.1. The Balaban J connectivity index is 2.23. The molecule has 3 rings (SSSR count). The summed E-state index contributed by atoms with van der Waals surface area (Å²) in [5.41, 5.74) is 12.6. The number of sulfone groups is 1. The largest absolute Gasteiger partial charge is 0.365 e. The van der Waals surface area contributed by atoms with Crippen LogP contribution in [-0.4, -0.2) is 47.8 Å². The van der Waals surface area contributed by atoms with Gasteiger partial charge in [0.25, 0.3) is 5.91 Å². The summed E-state index contributed by atoms with van der Waals surface area (Å²) in [6.07, 6.45) is 1.12. The Morgan fingerprint density at radius 1 is 1.10 bits per heavy atom. The summed E-state index contributed by atoms with van der Waals surface area (Å²) in [7, 11) is -3.35. The summed E-state index contributed by atoms with van der Waals surface area (Å²) in [6, 6.07) is 5.04. The highest BCUT2D eigenvalue weighted by molar-refractivity contribution is 7.90. The van der Waals surface area contributed by atoms with Crippen LogP contribution < -0.4 is 11.5 Å². The van der Waals surface area contributed by atoms with E-state index in [-0.39, 0.29) is 10.5 Å². The molecule has 2 heterocycles. The molecule has 1 aromatic carbocycles. The summed E-state index contributed by atoms with van der Waals surface area (Å²) >= 11 is 0. The van der Waals surface area contributed by atoms with Crippen molar-refractivity contribution in [3.63, 3.8) is 0 Å². The Kier molecular flexibility index (Phi) is 4.94. The summed E-state index contributed by atoms with van der Waals surface area (Å²) in [6.45, 7) is 6.56. The van der Waals surface area contributed by atoms with Gasteiger partial charge in [0.2, 0.25) is 0 Å². The first kappa shape index (κ1) is 20.8. The lowest BCUT2D eigenvalue weighted by Gasteiger charge is -2.42. The third kappa shape index (κ3) is 3.71. The van der Waals surface area contributed by atoms with E-state index in [9.17, 15) is 18.0 Å². The van der Waals surface area contributed by atoms with Crippen molar-refractivity contribution < 1.29 is 18.0 Å². The van der Waals surface area contributed by atoms with Crippen molar-refractivity contribution in [1.29, 1.82) is 0 Å². The molecule has 3 amide bonds. The molecule has 0 aliphatic carbocycles. The quantitative estimate of drug-likeness (QED) is 0.776. The number of fused-ring (bicyclic) bond motifs is 1. The average molecular weight is 420 g/mol. The van der Waals surface area contributed by atoms with Gasteiger partial charge in [-0.15, -0.1) is 0 Å². The number of hydrogen-bond donors (Lipinski definition) is 2. The molecule has 0 saturated carbocycles. The maximum absolute atomic E-state index is 12.4. The molecule has 1 aliphatic rings. The molecule has 1 aliphatic heterocycles. The van der Waals surface area contributed by atoms with Crippen LogP contribution in [0.25, 0.3) is 11.3 Å². The molecule has 0 bridgehead atoms. The molecule has 1 unspecified atom stereocenters. The number of nitrogens with zero attached hydrogens (tertiary/aromatic N) is 3. The fourth-order valence-electron chi connectivity index (χ4n) is 3.82. The molecule has 1 aromatic heterocycles. The molecule has 0 fully saturated rings. The number of aromatic nitrogens is 2. The van der Waals surface area contributed by atoms with Crippen LogP contribution in [0.3, 0.4) is 0 Å². The highest BCUT2D eigenvalue weighted by Crippen LogP contribution is 2.43. The van der Waals surface area contributed by atoms with Crippen LogP contribution in [0.4, 0.5) is 4.79 Å². The highest BCUT2D eigenvalue weighted by atomic mass is 32.2. The molecule has 10 heteroatoms. The van der Waals surface area contributed by atoms with Crippen molar-refractivity contribution >= 4 is 21.8 Å². The van der Waals surface area contributed by atoms with E-state index in [0.29, 0.717) is 30.0 Å². The number of primary amides is 2. The number of carbonyl (C=O) groups excluding carboxylic acids is 2. The van der Waals surface area contributed by atoms with Gasteiger partial charge in [-0.2, -0.15) is 5.10 Å². The first-order valence-electron chi connectivity index (χ1n) is 9.09. The Morgan fingerprint density at radius 2 is 1.69 bits per heavy atom. The number of urea groups is 1. The van der Waals surface area contributed by atoms with E-state index in [4.69, 9.17) is 11.5 Å². The number of amides is 3. The van der Waals surface area contributed by atoms with Crippen molar-refractivity contribution in [3.8, 4) is 11.3 Å². The van der Waals surface area contributed by atoms with Crippen LogP contribution >= 0.6 is 0 Å². The second-order valence-electron chi connectivity index (χ2n) is 8.29. The van der Waals surface area contributed by atoms with Gasteiger partial charge >= 0.3 is 6.03 Å². The van der Waals surface area contributed by atoms with Crippen molar-refractivity contribution in [3.05, 3.63) is 35.5 Å². The maximum Gasteiger partial charge on any atom is 0.315 e. The first-order valence-corrected chi connectivity index (χ1v) is 11.0. The molecule has 0 radical (unpaired) electrons. The lowest BCUT2D eigenvalue weighted by molar-refractivity contribution is 0.0899. The first-order chi connectivity index (χ1) is 13.3. The second-order valence-corrected chi connectivity index (χ2v) is 10.3. The predicted molar refractivity (Wildman–Crippen MR) is 108 cm³/mol. The lowest BCUT2D eigenvalue weighted by Crippen LogP contribution is -2.49. The number of carbonyl (C=O) groups is 2. The average Bonchev–Trinajstić information content (AvgIpc) is 2.98. The third-order valence-electron chi connectivity index (χ3n) is 5.02. The zero-order chi connectivity index (χ0) is 21.7. The van der Waals surface area contributed by atoms with Crippen LogP contribution in [-0.2, 0) is 16.4 Å². The highest BCUT2D eigenvalue weighted by Gasteiger charge is 2.42. The van der Waals surface area contributed by atoms with E-state index in [2.05, 4.69) is 5.10 Å². The summed E-state index contributed by atoms with van der Waals surface area (Å²) in [5, 5.41) is 4.58. The smallest absolute Gasteiger partial charge is 0.315 e. The van der Waals surface area contributed by atoms with E-state index < -0.39 is 33.2 Å². The van der Waals surface area contributed by atoms with Gasteiger partial charge in [0.05, 0.1) is 28.7 Å². The number of nitrogens with two attached hydrogens (primary N) is 2. The van der Waals surface area contributed by atoms with Crippen molar-refractivity contribution in [2.75, 3.05) is 12.8 Å². The second kappa shape index (κ2) is 6.87. The van der Waals surface area contributed by atoms with Gasteiger partial charge < -0.3 is 16.4 Å². The molecule has 1 atom stereocenters. The van der Waals surface area contributed by atoms with Gasteiger partial charge in [-0.25, -0.2) is 13.2 Å². The number of hydrogen-bond acceptors (Lipinski definition) is 5. The van der Waals surface area contributed by atoms with Gasteiger partial charge in [0.15, 0.2) is 9.84 Å². The molecule has 0 saturated heterocycles. The van der Waals surface area contributed by atoms with E-state index in [1.807, 2.05) is 20.8 Å². The van der Waals surface area contributed by atoms with Crippen molar-refractivity contribution in [2.24, 2.45) is 16.9 Å². The van der Waals surface area contributed by atoms with Gasteiger partial charge in [0, 0.05) is 18.4 Å². The fourth-order valence-corrected chi connectivity index (χ4v) is 4.45. The van der Waals surface area contributed by atoms with Crippen LogP contribution in [0.2, 0.25) is 0 Å².